The van der Waals surface area contributed by atoms with Crippen molar-refractivity contribution in [1.82, 2.24) is 0 Å². The first-order chi connectivity index (χ1) is 11.5. The minimum absolute atomic E-state index is 0.00303. The van der Waals surface area contributed by atoms with Crippen molar-refractivity contribution in [2.75, 3.05) is 0 Å². The van der Waals surface area contributed by atoms with E-state index in [-0.39, 0.29) is 17.2 Å². The number of carbonyl (C=O) groups excluding carboxylic acids is 1. The van der Waals surface area contributed by atoms with Gasteiger partial charge in [0.1, 0.15) is 11.5 Å². The molecule has 2 aromatic carbocycles. The maximum atomic E-state index is 12.1. The van der Waals surface area contributed by atoms with Crippen molar-refractivity contribution in [2.45, 2.75) is 0 Å². The van der Waals surface area contributed by atoms with Crippen molar-refractivity contribution >= 4 is 23.3 Å². The van der Waals surface area contributed by atoms with Gasteiger partial charge in [0.15, 0.2) is 0 Å². The summed E-state index contributed by atoms with van der Waals surface area (Å²) < 4.78 is 10.6. The Balaban J connectivity index is 1.76. The lowest BCUT2D eigenvalue weighted by Gasteiger charge is -2.02. The molecular weight excluding hydrogens is 334 g/mol. The predicted molar refractivity (Wildman–Crippen MR) is 87.2 cm³/mol. The predicted octanol–water partition coefficient (Wildman–Crippen LogP) is 4.73. The quantitative estimate of drug-likeness (QED) is 0.296. The summed E-state index contributed by atoms with van der Waals surface area (Å²) in [5.74, 6) is -0.0806. The fraction of sp³-hybridized carbons (Fsp3) is 0. The minimum atomic E-state index is -0.706. The normalized spacial score (nSPS) is 10.4. The molecule has 0 fully saturated rings. The fourth-order valence-electron chi connectivity index (χ4n) is 2.05. The van der Waals surface area contributed by atoms with Crippen LogP contribution in [0.2, 0.25) is 5.02 Å². The summed E-state index contributed by atoms with van der Waals surface area (Å²) in [5.41, 5.74) is 0.572. The van der Waals surface area contributed by atoms with Crippen LogP contribution in [0.3, 0.4) is 0 Å². The summed E-state index contributed by atoms with van der Waals surface area (Å²) in [7, 11) is 0. The molecule has 0 amide bonds. The summed E-state index contributed by atoms with van der Waals surface area (Å²) in [4.78, 5) is 22.1. The molecule has 0 aliphatic heterocycles. The van der Waals surface area contributed by atoms with Crippen molar-refractivity contribution in [2.24, 2.45) is 0 Å². The highest BCUT2D eigenvalue weighted by Crippen LogP contribution is 2.29. The van der Waals surface area contributed by atoms with Crippen LogP contribution in [0.15, 0.2) is 65.1 Å². The van der Waals surface area contributed by atoms with Crippen LogP contribution in [0.5, 0.6) is 5.75 Å². The Labute approximate surface area is 141 Å². The molecule has 1 aromatic heterocycles. The van der Waals surface area contributed by atoms with Gasteiger partial charge in [-0.15, -0.1) is 0 Å². The Morgan fingerprint density at radius 2 is 1.75 bits per heavy atom. The van der Waals surface area contributed by atoms with E-state index in [2.05, 4.69) is 0 Å². The molecule has 6 nitrogen and oxygen atoms in total. The van der Waals surface area contributed by atoms with E-state index in [4.69, 9.17) is 20.8 Å². The molecule has 24 heavy (non-hydrogen) atoms. The highest BCUT2D eigenvalue weighted by atomic mass is 35.5. The maximum absolute atomic E-state index is 12.1. The Bertz CT molecular complexity index is 901. The van der Waals surface area contributed by atoms with Crippen molar-refractivity contribution in [3.63, 3.8) is 0 Å². The van der Waals surface area contributed by atoms with Crippen LogP contribution in [0, 0.1) is 10.1 Å². The van der Waals surface area contributed by atoms with Crippen LogP contribution in [0.1, 0.15) is 10.6 Å². The monoisotopic (exact) mass is 343 g/mol. The third-order valence-corrected chi connectivity index (χ3v) is 3.53. The molecule has 120 valence electrons. The number of hydrogen-bond donors (Lipinski definition) is 0. The molecule has 3 rings (SSSR count). The van der Waals surface area contributed by atoms with E-state index in [9.17, 15) is 14.9 Å². The zero-order valence-electron chi connectivity index (χ0n) is 12.1. The number of ether oxygens (including phenoxy) is 1. The van der Waals surface area contributed by atoms with E-state index in [1.807, 2.05) is 0 Å². The van der Waals surface area contributed by atoms with Gasteiger partial charge in [-0.3, -0.25) is 10.1 Å². The largest absolute Gasteiger partial charge is 0.449 e. The summed E-state index contributed by atoms with van der Waals surface area (Å²) in [6, 6.07) is 15.4. The Kier molecular flexibility index (Phi) is 4.31. The summed E-state index contributed by atoms with van der Waals surface area (Å²) in [6.07, 6.45) is 0. The molecule has 0 aliphatic rings. The molecule has 0 N–H and O–H groups in total. The standard InChI is InChI=1S/C17H10ClNO5/c18-14-4-2-1-3-13(14)15-9-10-16(24-15)17(20)23-12-7-5-11(6-8-12)19(21)22/h1-10H. The minimum Gasteiger partial charge on any atom is -0.449 e. The van der Waals surface area contributed by atoms with Crippen LogP contribution < -0.4 is 4.74 Å². The number of hydrogen-bond acceptors (Lipinski definition) is 5. The summed E-state index contributed by atoms with van der Waals surface area (Å²) >= 11 is 6.09. The molecular formula is C17H10ClNO5. The zero-order chi connectivity index (χ0) is 17.1. The molecule has 0 radical (unpaired) electrons. The van der Waals surface area contributed by atoms with Gasteiger partial charge in [-0.1, -0.05) is 23.7 Å². The van der Waals surface area contributed by atoms with Gasteiger partial charge in [0.05, 0.1) is 9.95 Å². The molecule has 0 unspecified atom stereocenters. The van der Waals surface area contributed by atoms with Crippen LogP contribution in [0.25, 0.3) is 11.3 Å². The van der Waals surface area contributed by atoms with Gasteiger partial charge in [0.25, 0.3) is 5.69 Å². The maximum Gasteiger partial charge on any atom is 0.379 e. The zero-order valence-corrected chi connectivity index (χ0v) is 12.9. The van der Waals surface area contributed by atoms with Gasteiger partial charge in [0, 0.05) is 17.7 Å². The number of nitrogens with zero attached hydrogens (tertiary/aromatic N) is 1. The third-order valence-electron chi connectivity index (χ3n) is 3.20. The first-order valence-electron chi connectivity index (χ1n) is 6.86. The number of halogens is 1. The molecule has 0 atom stereocenters. The van der Waals surface area contributed by atoms with E-state index in [0.29, 0.717) is 16.3 Å². The average molecular weight is 344 g/mol. The molecule has 1 heterocycles. The summed E-state index contributed by atoms with van der Waals surface area (Å²) in [6.45, 7) is 0. The van der Waals surface area contributed by atoms with Crippen molar-refractivity contribution in [3.05, 3.63) is 81.6 Å². The van der Waals surface area contributed by atoms with Gasteiger partial charge < -0.3 is 9.15 Å². The second kappa shape index (κ2) is 6.55. The lowest BCUT2D eigenvalue weighted by molar-refractivity contribution is -0.384. The van der Waals surface area contributed by atoms with Crippen molar-refractivity contribution < 1.29 is 18.9 Å². The Hall–Kier alpha value is -3.12. The van der Waals surface area contributed by atoms with Gasteiger partial charge in [0.2, 0.25) is 5.76 Å². The third kappa shape index (κ3) is 3.28. The highest BCUT2D eigenvalue weighted by molar-refractivity contribution is 6.33. The van der Waals surface area contributed by atoms with Crippen LogP contribution in [-0.4, -0.2) is 10.9 Å². The van der Waals surface area contributed by atoms with Crippen LogP contribution in [0.4, 0.5) is 5.69 Å². The molecule has 0 saturated carbocycles. The second-order valence-electron chi connectivity index (χ2n) is 4.78. The number of rotatable bonds is 4. The van der Waals surface area contributed by atoms with E-state index >= 15 is 0 Å². The second-order valence-corrected chi connectivity index (χ2v) is 5.19. The van der Waals surface area contributed by atoms with Gasteiger partial charge in [-0.2, -0.15) is 0 Å². The van der Waals surface area contributed by atoms with Crippen molar-refractivity contribution in [1.29, 1.82) is 0 Å². The van der Waals surface area contributed by atoms with E-state index in [1.165, 1.54) is 30.3 Å². The van der Waals surface area contributed by atoms with Crippen LogP contribution >= 0.6 is 11.6 Å². The fourth-order valence-corrected chi connectivity index (χ4v) is 2.28. The molecule has 0 spiro atoms. The number of furan rings is 1. The highest BCUT2D eigenvalue weighted by Gasteiger charge is 2.16. The summed E-state index contributed by atoms with van der Waals surface area (Å²) in [5, 5.41) is 11.1. The molecule has 7 heteroatoms. The molecule has 0 saturated heterocycles. The Morgan fingerprint density at radius 1 is 1.04 bits per heavy atom. The Morgan fingerprint density at radius 3 is 2.42 bits per heavy atom. The van der Waals surface area contributed by atoms with Gasteiger partial charge in [-0.05, 0) is 36.4 Å². The van der Waals surface area contributed by atoms with Gasteiger partial charge in [-0.25, -0.2) is 4.79 Å². The lowest BCUT2D eigenvalue weighted by Crippen LogP contribution is -2.07. The first-order valence-corrected chi connectivity index (χ1v) is 7.24. The SMILES string of the molecule is O=C(Oc1ccc([N+](=O)[O-])cc1)c1ccc(-c2ccccc2Cl)o1. The number of nitro groups is 1. The number of non-ortho nitro benzene ring substituents is 1. The number of benzene rings is 2. The number of nitro benzene ring substituents is 1. The lowest BCUT2D eigenvalue weighted by atomic mass is 10.2. The van der Waals surface area contributed by atoms with Gasteiger partial charge >= 0.3 is 5.97 Å². The smallest absolute Gasteiger partial charge is 0.379 e. The van der Waals surface area contributed by atoms with E-state index in [1.54, 1.807) is 30.3 Å². The van der Waals surface area contributed by atoms with E-state index in [0.717, 1.165) is 0 Å². The first kappa shape index (κ1) is 15.8. The molecule has 3 aromatic rings. The average Bonchev–Trinajstić information content (AvgIpc) is 3.05. The topological polar surface area (TPSA) is 82.6 Å². The number of carbonyl (C=O) groups is 1. The van der Waals surface area contributed by atoms with Crippen LogP contribution in [-0.2, 0) is 0 Å². The van der Waals surface area contributed by atoms with Crippen molar-refractivity contribution in [3.8, 4) is 17.1 Å². The molecule has 0 bridgehead atoms. The number of esters is 1. The van der Waals surface area contributed by atoms with E-state index < -0.39 is 10.9 Å². The molecule has 0 aliphatic carbocycles.